The van der Waals surface area contributed by atoms with Crippen molar-refractivity contribution in [3.8, 4) is 11.4 Å². The third-order valence-corrected chi connectivity index (χ3v) is 2.30. The van der Waals surface area contributed by atoms with Gasteiger partial charge in [0.2, 0.25) is 0 Å². The number of H-pyrrole nitrogens is 1. The van der Waals surface area contributed by atoms with Crippen LogP contribution in [0, 0.1) is 12.7 Å². The summed E-state index contributed by atoms with van der Waals surface area (Å²) in [5.41, 5.74) is 7.96. The third kappa shape index (κ3) is 1.94. The summed E-state index contributed by atoms with van der Waals surface area (Å²) in [5, 5.41) is 0. The second kappa shape index (κ2) is 4.02. The lowest BCUT2D eigenvalue weighted by molar-refractivity contribution is 0.622. The molecular formula is C11H13FN4. The number of imidazole rings is 1. The van der Waals surface area contributed by atoms with Crippen molar-refractivity contribution >= 4 is 0 Å². The lowest BCUT2D eigenvalue weighted by Gasteiger charge is -1.98. The highest BCUT2D eigenvalue weighted by atomic mass is 19.1. The summed E-state index contributed by atoms with van der Waals surface area (Å²) in [7, 11) is 0. The first-order chi connectivity index (χ1) is 7.58. The van der Waals surface area contributed by atoms with Crippen molar-refractivity contribution in [1.82, 2.24) is 15.0 Å². The van der Waals surface area contributed by atoms with E-state index in [1.165, 1.54) is 12.3 Å². The molecule has 2 aromatic rings. The molecular weight excluding hydrogens is 207 g/mol. The molecule has 1 unspecified atom stereocenters. The highest BCUT2D eigenvalue weighted by Crippen LogP contribution is 2.20. The Labute approximate surface area is 92.7 Å². The number of hydrogen-bond acceptors (Lipinski definition) is 3. The van der Waals surface area contributed by atoms with Crippen molar-refractivity contribution in [2.45, 2.75) is 19.9 Å². The number of halogens is 1. The van der Waals surface area contributed by atoms with Crippen molar-refractivity contribution in [3.63, 3.8) is 0 Å². The number of hydrogen-bond donors (Lipinski definition) is 2. The molecule has 0 radical (unpaired) electrons. The van der Waals surface area contributed by atoms with Gasteiger partial charge in [0.1, 0.15) is 17.3 Å². The van der Waals surface area contributed by atoms with Gasteiger partial charge in [-0.15, -0.1) is 0 Å². The molecule has 1 atom stereocenters. The fourth-order valence-corrected chi connectivity index (χ4v) is 1.46. The molecule has 0 aliphatic heterocycles. The molecule has 2 aromatic heterocycles. The minimum atomic E-state index is -0.357. The summed E-state index contributed by atoms with van der Waals surface area (Å²) in [4.78, 5) is 11.4. The van der Waals surface area contributed by atoms with Gasteiger partial charge >= 0.3 is 0 Å². The minimum absolute atomic E-state index is 0.159. The van der Waals surface area contributed by atoms with Crippen LogP contribution in [0.1, 0.15) is 24.5 Å². The van der Waals surface area contributed by atoms with Crippen LogP contribution in [0.5, 0.6) is 0 Å². The van der Waals surface area contributed by atoms with Gasteiger partial charge in [0.05, 0.1) is 17.9 Å². The molecule has 2 heterocycles. The van der Waals surface area contributed by atoms with E-state index in [1.54, 1.807) is 6.07 Å². The van der Waals surface area contributed by atoms with Gasteiger partial charge in [-0.2, -0.15) is 0 Å². The van der Waals surface area contributed by atoms with Crippen molar-refractivity contribution in [1.29, 1.82) is 0 Å². The molecule has 3 N–H and O–H groups in total. The molecule has 0 saturated carbocycles. The molecule has 2 rings (SSSR count). The Morgan fingerprint density at radius 1 is 1.44 bits per heavy atom. The molecule has 0 aliphatic carbocycles. The van der Waals surface area contributed by atoms with Crippen LogP contribution in [0.25, 0.3) is 11.4 Å². The van der Waals surface area contributed by atoms with Gasteiger partial charge in [0.25, 0.3) is 0 Å². The van der Waals surface area contributed by atoms with Gasteiger partial charge in [-0.05, 0) is 26.0 Å². The fourth-order valence-electron chi connectivity index (χ4n) is 1.46. The van der Waals surface area contributed by atoms with Crippen LogP contribution in [0.15, 0.2) is 18.3 Å². The number of nitrogens with one attached hydrogen (secondary N) is 1. The van der Waals surface area contributed by atoms with Gasteiger partial charge in [-0.25, -0.2) is 9.37 Å². The van der Waals surface area contributed by atoms with Crippen LogP contribution in [0.4, 0.5) is 4.39 Å². The molecule has 0 aliphatic rings. The van der Waals surface area contributed by atoms with Gasteiger partial charge in [-0.1, -0.05) is 0 Å². The normalized spacial score (nSPS) is 12.8. The Morgan fingerprint density at radius 2 is 2.19 bits per heavy atom. The molecule has 0 saturated heterocycles. The first-order valence-corrected chi connectivity index (χ1v) is 5.02. The largest absolute Gasteiger partial charge is 0.344 e. The highest BCUT2D eigenvalue weighted by Gasteiger charge is 2.12. The quantitative estimate of drug-likeness (QED) is 0.812. The van der Waals surface area contributed by atoms with E-state index in [4.69, 9.17) is 5.73 Å². The van der Waals surface area contributed by atoms with Crippen LogP contribution >= 0.6 is 0 Å². The number of aromatic nitrogens is 3. The zero-order valence-corrected chi connectivity index (χ0v) is 9.16. The SMILES string of the molecule is Cc1[nH]c(C(C)N)nc1-c1ccc(F)cn1. The average Bonchev–Trinajstić information content (AvgIpc) is 2.62. The Morgan fingerprint density at radius 3 is 2.69 bits per heavy atom. The summed E-state index contributed by atoms with van der Waals surface area (Å²) in [6.07, 6.45) is 1.18. The minimum Gasteiger partial charge on any atom is -0.344 e. The second-order valence-electron chi connectivity index (χ2n) is 3.75. The predicted molar refractivity (Wildman–Crippen MR) is 59.1 cm³/mol. The summed E-state index contributed by atoms with van der Waals surface area (Å²) >= 11 is 0. The van der Waals surface area contributed by atoms with E-state index in [0.29, 0.717) is 17.2 Å². The first-order valence-electron chi connectivity index (χ1n) is 5.02. The monoisotopic (exact) mass is 220 g/mol. The summed E-state index contributed by atoms with van der Waals surface area (Å²) < 4.78 is 12.7. The number of nitrogens with zero attached hydrogens (tertiary/aromatic N) is 2. The summed E-state index contributed by atoms with van der Waals surface area (Å²) in [6.45, 7) is 3.74. The van der Waals surface area contributed by atoms with Crippen LogP contribution in [0.2, 0.25) is 0 Å². The standard InChI is InChI=1S/C11H13FN4/c1-6(13)11-15-7(2)10(16-11)9-4-3-8(12)5-14-9/h3-6H,13H2,1-2H3,(H,15,16). The average molecular weight is 220 g/mol. The maximum Gasteiger partial charge on any atom is 0.141 e. The lowest BCUT2D eigenvalue weighted by atomic mass is 10.2. The van der Waals surface area contributed by atoms with Gasteiger partial charge in [0, 0.05) is 5.69 Å². The Balaban J connectivity index is 2.44. The van der Waals surface area contributed by atoms with Crippen molar-refractivity contribution in [2.75, 3.05) is 0 Å². The Kier molecular flexibility index (Phi) is 2.70. The van der Waals surface area contributed by atoms with Gasteiger partial charge in [0.15, 0.2) is 0 Å². The number of pyridine rings is 1. The van der Waals surface area contributed by atoms with Crippen molar-refractivity contribution < 1.29 is 4.39 Å². The Hall–Kier alpha value is -1.75. The second-order valence-corrected chi connectivity index (χ2v) is 3.75. The maximum absolute atomic E-state index is 12.7. The number of rotatable bonds is 2. The maximum atomic E-state index is 12.7. The fraction of sp³-hybridized carbons (Fsp3) is 0.273. The smallest absolute Gasteiger partial charge is 0.141 e. The molecule has 0 aromatic carbocycles. The zero-order chi connectivity index (χ0) is 11.7. The van der Waals surface area contributed by atoms with E-state index in [-0.39, 0.29) is 11.9 Å². The molecule has 5 heteroatoms. The van der Waals surface area contributed by atoms with E-state index < -0.39 is 0 Å². The molecule has 0 bridgehead atoms. The number of nitrogens with two attached hydrogens (primary N) is 1. The predicted octanol–water partition coefficient (Wildman–Crippen LogP) is 1.94. The van der Waals surface area contributed by atoms with Crippen LogP contribution < -0.4 is 5.73 Å². The van der Waals surface area contributed by atoms with E-state index in [9.17, 15) is 4.39 Å². The number of aryl methyl sites for hydroxylation is 1. The molecule has 0 amide bonds. The van der Waals surface area contributed by atoms with Gasteiger partial charge < -0.3 is 10.7 Å². The van der Waals surface area contributed by atoms with Crippen LogP contribution in [0.3, 0.4) is 0 Å². The first kappa shape index (κ1) is 10.8. The summed E-state index contributed by atoms with van der Waals surface area (Å²) in [6, 6.07) is 2.80. The molecule has 0 fully saturated rings. The summed E-state index contributed by atoms with van der Waals surface area (Å²) in [5.74, 6) is 0.350. The topological polar surface area (TPSA) is 67.6 Å². The van der Waals surface area contributed by atoms with Crippen LogP contribution in [-0.2, 0) is 0 Å². The van der Waals surface area contributed by atoms with Crippen molar-refractivity contribution in [3.05, 3.63) is 35.7 Å². The molecule has 84 valence electrons. The van der Waals surface area contributed by atoms with Crippen molar-refractivity contribution in [2.24, 2.45) is 5.73 Å². The third-order valence-electron chi connectivity index (χ3n) is 2.30. The van der Waals surface area contributed by atoms with Gasteiger partial charge in [-0.3, -0.25) is 4.98 Å². The highest BCUT2D eigenvalue weighted by molar-refractivity contribution is 5.57. The van der Waals surface area contributed by atoms with Crippen LogP contribution in [-0.4, -0.2) is 15.0 Å². The molecule has 0 spiro atoms. The molecule has 16 heavy (non-hydrogen) atoms. The van der Waals surface area contributed by atoms with E-state index in [1.807, 2.05) is 13.8 Å². The lowest BCUT2D eigenvalue weighted by Crippen LogP contribution is -2.06. The molecule has 4 nitrogen and oxygen atoms in total. The van der Waals surface area contributed by atoms with E-state index in [2.05, 4.69) is 15.0 Å². The van der Waals surface area contributed by atoms with E-state index in [0.717, 1.165) is 5.69 Å². The number of aromatic amines is 1. The zero-order valence-electron chi connectivity index (χ0n) is 9.16. The Bertz CT molecular complexity index is 487. The van der Waals surface area contributed by atoms with E-state index >= 15 is 0 Å².